The molecular weight excluding hydrogens is 414 g/mol. The Bertz CT molecular complexity index is 899. The van der Waals surface area contributed by atoms with Gasteiger partial charge in [0.05, 0.1) is 32.6 Å². The van der Waals surface area contributed by atoms with Crippen molar-refractivity contribution in [3.8, 4) is 27.8 Å². The lowest BCUT2D eigenvalue weighted by Gasteiger charge is -2.33. The highest BCUT2D eigenvalue weighted by Gasteiger charge is 2.22. The van der Waals surface area contributed by atoms with Crippen LogP contribution in [-0.4, -0.2) is 62.8 Å². The highest BCUT2D eigenvalue weighted by Crippen LogP contribution is 2.45. The number of nitrogens with zero attached hydrogens (tertiary/aromatic N) is 2. The number of carbonyl (C=O) groups excluding carboxylic acids is 1. The predicted molar refractivity (Wildman–Crippen MR) is 124 cm³/mol. The molecular formula is C23H33N3O4S. The molecule has 7 nitrogen and oxygen atoms in total. The largest absolute Gasteiger partial charge is 0.493 e. The van der Waals surface area contributed by atoms with Crippen molar-refractivity contribution in [1.29, 1.82) is 0 Å². The molecule has 1 aromatic carbocycles. The minimum Gasteiger partial charge on any atom is -0.493 e. The molecule has 0 spiro atoms. The highest BCUT2D eigenvalue weighted by molar-refractivity contribution is 7.17. The van der Waals surface area contributed by atoms with E-state index in [1.165, 1.54) is 37.1 Å². The maximum absolute atomic E-state index is 12.8. The summed E-state index contributed by atoms with van der Waals surface area (Å²) in [5.41, 5.74) is 1.48. The summed E-state index contributed by atoms with van der Waals surface area (Å²) < 4.78 is 16.4. The quantitative estimate of drug-likeness (QED) is 0.583. The number of hydrogen-bond donors (Lipinski definition) is 1. The summed E-state index contributed by atoms with van der Waals surface area (Å²) in [6.45, 7) is 7.01. The molecule has 1 fully saturated rings. The Balaban J connectivity index is 1.67. The predicted octanol–water partition coefficient (Wildman–Crippen LogP) is 4.14. The molecule has 170 valence electrons. The van der Waals surface area contributed by atoms with Gasteiger partial charge in [-0.3, -0.25) is 4.79 Å². The topological polar surface area (TPSA) is 72.9 Å². The van der Waals surface area contributed by atoms with Gasteiger partial charge in [-0.2, -0.15) is 0 Å². The molecule has 1 saturated heterocycles. The van der Waals surface area contributed by atoms with E-state index < -0.39 is 0 Å². The molecule has 0 saturated carbocycles. The lowest BCUT2D eigenvalue weighted by atomic mass is 10.0. The first-order valence-corrected chi connectivity index (χ1v) is 11.6. The van der Waals surface area contributed by atoms with Crippen LogP contribution >= 0.6 is 11.3 Å². The molecule has 1 N–H and O–H groups in total. The number of carbonyl (C=O) groups is 1. The molecule has 0 aliphatic carbocycles. The van der Waals surface area contributed by atoms with Gasteiger partial charge in [-0.25, -0.2) is 4.98 Å². The number of ether oxygens (including phenoxy) is 3. The Kier molecular flexibility index (Phi) is 8.15. The maximum atomic E-state index is 12.8. The smallest absolute Gasteiger partial charge is 0.263 e. The van der Waals surface area contributed by atoms with Gasteiger partial charge < -0.3 is 24.4 Å². The first-order valence-electron chi connectivity index (χ1n) is 10.8. The molecule has 1 amide bonds. The molecule has 8 heteroatoms. The summed E-state index contributed by atoms with van der Waals surface area (Å²) in [4.78, 5) is 20.5. The summed E-state index contributed by atoms with van der Waals surface area (Å²) in [7, 11) is 4.73. The van der Waals surface area contributed by atoms with Crippen molar-refractivity contribution >= 4 is 17.2 Å². The van der Waals surface area contributed by atoms with Crippen molar-refractivity contribution in [1.82, 2.24) is 15.2 Å². The number of thiazole rings is 1. The van der Waals surface area contributed by atoms with Crippen LogP contribution in [0.4, 0.5) is 0 Å². The van der Waals surface area contributed by atoms with Crippen molar-refractivity contribution < 1.29 is 19.0 Å². The van der Waals surface area contributed by atoms with Gasteiger partial charge in [0.15, 0.2) is 11.5 Å². The average Bonchev–Trinajstić information content (AvgIpc) is 3.17. The second kappa shape index (κ2) is 10.8. The van der Waals surface area contributed by atoms with Crippen LogP contribution in [0.5, 0.6) is 17.2 Å². The van der Waals surface area contributed by atoms with Crippen molar-refractivity contribution in [3.05, 3.63) is 22.7 Å². The van der Waals surface area contributed by atoms with Crippen LogP contribution in [0, 0.1) is 6.92 Å². The normalized spacial score (nSPS) is 16.7. The molecule has 1 atom stereocenters. The van der Waals surface area contributed by atoms with Gasteiger partial charge >= 0.3 is 0 Å². The number of methoxy groups -OCH3 is 3. The Hall–Kier alpha value is -2.32. The second-order valence-corrected chi connectivity index (χ2v) is 8.80. The third-order valence-corrected chi connectivity index (χ3v) is 6.98. The number of hydrogen-bond acceptors (Lipinski definition) is 7. The molecule has 2 heterocycles. The molecule has 1 aliphatic heterocycles. The number of aryl methyl sites for hydroxylation is 1. The molecule has 1 aliphatic rings. The lowest BCUT2D eigenvalue weighted by Crippen LogP contribution is -2.39. The van der Waals surface area contributed by atoms with Crippen LogP contribution in [-0.2, 0) is 0 Å². The average molecular weight is 448 g/mol. The maximum Gasteiger partial charge on any atom is 0.263 e. The van der Waals surface area contributed by atoms with E-state index >= 15 is 0 Å². The molecule has 2 aromatic rings. The minimum atomic E-state index is -0.0765. The van der Waals surface area contributed by atoms with Gasteiger partial charge in [-0.15, -0.1) is 11.3 Å². The van der Waals surface area contributed by atoms with Crippen LogP contribution in [0.15, 0.2) is 12.1 Å². The van der Waals surface area contributed by atoms with E-state index in [2.05, 4.69) is 22.1 Å². The van der Waals surface area contributed by atoms with E-state index in [0.717, 1.165) is 18.5 Å². The fourth-order valence-corrected chi connectivity index (χ4v) is 5.05. The summed E-state index contributed by atoms with van der Waals surface area (Å²) in [6, 6.07) is 4.33. The number of aromatic nitrogens is 1. The van der Waals surface area contributed by atoms with E-state index in [4.69, 9.17) is 14.2 Å². The highest BCUT2D eigenvalue weighted by atomic mass is 32.1. The van der Waals surface area contributed by atoms with Crippen molar-refractivity contribution in [2.24, 2.45) is 0 Å². The second-order valence-electron chi connectivity index (χ2n) is 7.81. The molecule has 0 bridgehead atoms. The van der Waals surface area contributed by atoms with Gasteiger partial charge in [-0.1, -0.05) is 6.42 Å². The van der Waals surface area contributed by atoms with Gasteiger partial charge in [0, 0.05) is 19.1 Å². The number of amides is 1. The zero-order valence-electron chi connectivity index (χ0n) is 19.1. The first kappa shape index (κ1) is 23.3. The van der Waals surface area contributed by atoms with Crippen LogP contribution < -0.4 is 19.5 Å². The Morgan fingerprint density at radius 3 is 2.65 bits per heavy atom. The van der Waals surface area contributed by atoms with Crippen LogP contribution in [0.1, 0.15) is 48.0 Å². The first-order chi connectivity index (χ1) is 15.0. The number of benzene rings is 1. The van der Waals surface area contributed by atoms with Crippen molar-refractivity contribution in [2.75, 3.05) is 41.0 Å². The Labute approximate surface area is 188 Å². The minimum absolute atomic E-state index is 0.0765. The summed E-state index contributed by atoms with van der Waals surface area (Å²) in [5.74, 6) is 1.55. The van der Waals surface area contributed by atoms with Gasteiger partial charge in [0.2, 0.25) is 5.75 Å². The Morgan fingerprint density at radius 2 is 1.97 bits per heavy atom. The SMILES string of the molecule is COc1ccc(-c2nc(C)c(C(=O)NCCCN3CCCCC3C)s2)c(OC)c1OC. The van der Waals surface area contributed by atoms with Gasteiger partial charge in [0.25, 0.3) is 5.91 Å². The van der Waals surface area contributed by atoms with Crippen LogP contribution in [0.3, 0.4) is 0 Å². The van der Waals surface area contributed by atoms with Crippen LogP contribution in [0.25, 0.3) is 10.6 Å². The molecule has 0 radical (unpaired) electrons. The third-order valence-electron chi connectivity index (χ3n) is 5.79. The molecule has 31 heavy (non-hydrogen) atoms. The summed E-state index contributed by atoms with van der Waals surface area (Å²) in [5, 5.41) is 3.77. The standard InChI is InChI=1S/C23H33N3O4S/c1-15-9-6-7-13-26(15)14-8-12-24-22(27)21-16(2)25-23(31-21)17-10-11-18(28-3)20(30-5)19(17)29-4/h10-11,15H,6-9,12-14H2,1-5H3,(H,24,27). The fourth-order valence-electron chi connectivity index (χ4n) is 4.05. The number of piperidine rings is 1. The number of likely N-dealkylation sites (tertiary alicyclic amines) is 1. The monoisotopic (exact) mass is 447 g/mol. The summed E-state index contributed by atoms with van der Waals surface area (Å²) in [6.07, 6.45) is 4.82. The van der Waals surface area contributed by atoms with E-state index in [0.29, 0.717) is 45.4 Å². The van der Waals surface area contributed by atoms with Crippen molar-refractivity contribution in [3.63, 3.8) is 0 Å². The fraction of sp³-hybridized carbons (Fsp3) is 0.565. The molecule has 3 rings (SSSR count). The zero-order chi connectivity index (χ0) is 22.4. The van der Waals surface area contributed by atoms with E-state index in [-0.39, 0.29) is 5.91 Å². The van der Waals surface area contributed by atoms with Crippen molar-refractivity contribution in [2.45, 2.75) is 45.6 Å². The third kappa shape index (κ3) is 5.30. The van der Waals surface area contributed by atoms with E-state index in [1.807, 2.05) is 19.1 Å². The zero-order valence-corrected chi connectivity index (χ0v) is 19.9. The Morgan fingerprint density at radius 1 is 1.19 bits per heavy atom. The van der Waals surface area contributed by atoms with E-state index in [9.17, 15) is 4.79 Å². The van der Waals surface area contributed by atoms with Crippen LogP contribution in [0.2, 0.25) is 0 Å². The lowest BCUT2D eigenvalue weighted by molar-refractivity contribution is 0.0952. The van der Waals surface area contributed by atoms with E-state index in [1.54, 1.807) is 21.3 Å². The number of rotatable bonds is 9. The molecule has 1 aromatic heterocycles. The van der Waals surface area contributed by atoms with Gasteiger partial charge in [-0.05, 0) is 51.8 Å². The number of nitrogens with one attached hydrogen (secondary N) is 1. The van der Waals surface area contributed by atoms with Gasteiger partial charge in [0.1, 0.15) is 9.88 Å². The summed E-state index contributed by atoms with van der Waals surface area (Å²) >= 11 is 1.36. The molecule has 1 unspecified atom stereocenters.